The lowest BCUT2D eigenvalue weighted by molar-refractivity contribution is -0.0504. The number of methoxy groups -OCH3 is 1. The van der Waals surface area contributed by atoms with Gasteiger partial charge in [0.2, 0.25) is 0 Å². The first kappa shape index (κ1) is 22.7. The smallest absolute Gasteiger partial charge is 0.387 e. The Bertz CT molecular complexity index is 570. The first-order valence-electron chi connectivity index (χ1n) is 8.38. The average molecular weight is 485 g/mol. The van der Waals surface area contributed by atoms with Crippen molar-refractivity contribution in [1.29, 1.82) is 0 Å². The van der Waals surface area contributed by atoms with Gasteiger partial charge in [-0.15, -0.1) is 24.0 Å². The van der Waals surface area contributed by atoms with Crippen LogP contribution >= 0.6 is 24.0 Å². The molecule has 1 saturated heterocycles. The van der Waals surface area contributed by atoms with Gasteiger partial charge >= 0.3 is 6.61 Å². The zero-order chi connectivity index (χ0) is 18.1. The summed E-state index contributed by atoms with van der Waals surface area (Å²) >= 11 is 0. The van der Waals surface area contributed by atoms with E-state index in [0.717, 1.165) is 19.4 Å². The Hall–Kier alpha value is -1.36. The monoisotopic (exact) mass is 485 g/mol. The second kappa shape index (κ2) is 12.1. The van der Waals surface area contributed by atoms with Gasteiger partial charge in [-0.1, -0.05) is 0 Å². The van der Waals surface area contributed by atoms with Crippen molar-refractivity contribution >= 4 is 29.9 Å². The van der Waals surface area contributed by atoms with Crippen molar-refractivity contribution in [1.82, 2.24) is 10.6 Å². The lowest BCUT2D eigenvalue weighted by atomic mass is 10.2. The molecule has 1 unspecified atom stereocenters. The number of nitrogens with one attached hydrogen (secondary N) is 2. The molecule has 26 heavy (non-hydrogen) atoms. The van der Waals surface area contributed by atoms with E-state index in [1.807, 2.05) is 6.92 Å². The zero-order valence-corrected chi connectivity index (χ0v) is 17.3. The number of rotatable bonds is 8. The van der Waals surface area contributed by atoms with Crippen molar-refractivity contribution in [2.75, 3.05) is 26.8 Å². The summed E-state index contributed by atoms with van der Waals surface area (Å²) in [7, 11) is 1.52. The quantitative estimate of drug-likeness (QED) is 0.337. The number of ether oxygens (including phenoxy) is 3. The van der Waals surface area contributed by atoms with Crippen LogP contribution in [0.3, 0.4) is 0 Å². The highest BCUT2D eigenvalue weighted by Gasteiger charge is 2.16. The van der Waals surface area contributed by atoms with Crippen molar-refractivity contribution in [2.45, 2.75) is 39.0 Å². The van der Waals surface area contributed by atoms with E-state index >= 15 is 0 Å². The lowest BCUT2D eigenvalue weighted by Gasteiger charge is -2.15. The third-order valence-electron chi connectivity index (χ3n) is 3.76. The van der Waals surface area contributed by atoms with Crippen molar-refractivity contribution < 1.29 is 23.0 Å². The highest BCUT2D eigenvalue weighted by atomic mass is 127. The van der Waals surface area contributed by atoms with Crippen molar-refractivity contribution in [2.24, 2.45) is 4.99 Å². The molecule has 0 saturated carbocycles. The van der Waals surface area contributed by atoms with Gasteiger partial charge in [-0.2, -0.15) is 8.78 Å². The molecule has 0 aromatic heterocycles. The Kier molecular flexibility index (Phi) is 10.6. The second-order valence-electron chi connectivity index (χ2n) is 5.56. The molecule has 0 bridgehead atoms. The number of guanidine groups is 1. The number of halogens is 3. The predicted octanol–water partition coefficient (Wildman–Crippen LogP) is 3.15. The number of hydrogen-bond donors (Lipinski definition) is 2. The van der Waals surface area contributed by atoms with Gasteiger partial charge in [-0.05, 0) is 38.0 Å². The maximum atomic E-state index is 12.6. The molecular formula is C17H26F2IN3O3. The van der Waals surface area contributed by atoms with E-state index < -0.39 is 6.61 Å². The van der Waals surface area contributed by atoms with Gasteiger partial charge in [0.05, 0.1) is 19.8 Å². The SMILES string of the molecule is CCNC(=NCc1cc(OC)ccc1OC(F)F)NCC1CCCO1.I. The lowest BCUT2D eigenvalue weighted by Crippen LogP contribution is -2.41. The highest BCUT2D eigenvalue weighted by Crippen LogP contribution is 2.26. The largest absolute Gasteiger partial charge is 0.497 e. The first-order chi connectivity index (χ1) is 12.1. The van der Waals surface area contributed by atoms with Gasteiger partial charge < -0.3 is 24.8 Å². The predicted molar refractivity (Wildman–Crippen MR) is 107 cm³/mol. The van der Waals surface area contributed by atoms with Gasteiger partial charge in [0, 0.05) is 25.3 Å². The molecule has 1 aliphatic rings. The van der Waals surface area contributed by atoms with Crippen LogP contribution in [0.4, 0.5) is 8.78 Å². The van der Waals surface area contributed by atoms with Crippen LogP contribution in [0.15, 0.2) is 23.2 Å². The number of benzene rings is 1. The zero-order valence-electron chi connectivity index (χ0n) is 15.0. The molecule has 0 radical (unpaired) electrons. The van der Waals surface area contributed by atoms with Gasteiger partial charge in [-0.3, -0.25) is 0 Å². The highest BCUT2D eigenvalue weighted by molar-refractivity contribution is 14.0. The molecule has 1 aromatic rings. The molecule has 1 atom stereocenters. The third-order valence-corrected chi connectivity index (χ3v) is 3.76. The van der Waals surface area contributed by atoms with Crippen LogP contribution in [0.25, 0.3) is 0 Å². The molecule has 1 aliphatic heterocycles. The number of nitrogens with zero attached hydrogens (tertiary/aromatic N) is 1. The standard InChI is InChI=1S/C17H25F2N3O3.HI/c1-3-20-17(22-11-14-5-4-8-24-14)21-10-12-9-13(23-2)6-7-15(12)25-16(18)19;/h6-7,9,14,16H,3-5,8,10-11H2,1-2H3,(H2,20,21,22);1H. The van der Waals surface area contributed by atoms with Gasteiger partial charge in [-0.25, -0.2) is 4.99 Å². The maximum absolute atomic E-state index is 12.6. The van der Waals surface area contributed by atoms with Gasteiger partial charge in [0.1, 0.15) is 11.5 Å². The van der Waals surface area contributed by atoms with Crippen LogP contribution in [0.1, 0.15) is 25.3 Å². The van der Waals surface area contributed by atoms with Crippen LogP contribution in [0.2, 0.25) is 0 Å². The van der Waals surface area contributed by atoms with Gasteiger partial charge in [0.25, 0.3) is 0 Å². The van der Waals surface area contributed by atoms with E-state index in [4.69, 9.17) is 9.47 Å². The van der Waals surface area contributed by atoms with E-state index in [-0.39, 0.29) is 42.4 Å². The summed E-state index contributed by atoms with van der Waals surface area (Å²) in [5.74, 6) is 1.25. The van der Waals surface area contributed by atoms with Gasteiger partial charge in [0.15, 0.2) is 5.96 Å². The molecule has 2 N–H and O–H groups in total. The summed E-state index contributed by atoms with van der Waals surface area (Å²) in [6.07, 6.45) is 2.27. The average Bonchev–Trinajstić information content (AvgIpc) is 3.11. The summed E-state index contributed by atoms with van der Waals surface area (Å²) in [4.78, 5) is 4.45. The van der Waals surface area contributed by atoms with E-state index in [1.54, 1.807) is 12.1 Å². The van der Waals surface area contributed by atoms with E-state index in [1.165, 1.54) is 13.2 Å². The molecule has 1 heterocycles. The minimum Gasteiger partial charge on any atom is -0.497 e. The van der Waals surface area contributed by atoms with Crippen molar-refractivity contribution in [3.05, 3.63) is 23.8 Å². The molecule has 6 nitrogen and oxygen atoms in total. The Balaban J connectivity index is 0.00000338. The molecule has 0 aliphatic carbocycles. The fourth-order valence-electron chi connectivity index (χ4n) is 2.54. The summed E-state index contributed by atoms with van der Waals surface area (Å²) in [6.45, 7) is 1.39. The third kappa shape index (κ3) is 7.48. The summed E-state index contributed by atoms with van der Waals surface area (Å²) in [5, 5.41) is 6.34. The van der Waals surface area contributed by atoms with Crippen molar-refractivity contribution in [3.8, 4) is 11.5 Å². The molecule has 0 spiro atoms. The van der Waals surface area contributed by atoms with Crippen LogP contribution in [0, 0.1) is 0 Å². The number of alkyl halides is 2. The van der Waals surface area contributed by atoms with E-state index in [9.17, 15) is 8.78 Å². The molecule has 1 aromatic carbocycles. The maximum Gasteiger partial charge on any atom is 0.387 e. The Morgan fingerprint density at radius 1 is 1.38 bits per heavy atom. The van der Waals surface area contributed by atoms with Crippen LogP contribution in [-0.2, 0) is 11.3 Å². The minimum absolute atomic E-state index is 0. The normalized spacial score (nSPS) is 17.0. The van der Waals surface area contributed by atoms with Crippen LogP contribution < -0.4 is 20.1 Å². The molecule has 1 fully saturated rings. The molecule has 0 amide bonds. The van der Waals surface area contributed by atoms with E-state index in [2.05, 4.69) is 20.4 Å². The fraction of sp³-hybridized carbons (Fsp3) is 0.588. The Labute approximate surface area is 169 Å². The fourth-order valence-corrected chi connectivity index (χ4v) is 2.54. The topological polar surface area (TPSA) is 64.1 Å². The van der Waals surface area contributed by atoms with Crippen molar-refractivity contribution in [3.63, 3.8) is 0 Å². The summed E-state index contributed by atoms with van der Waals surface area (Å²) in [6, 6.07) is 4.68. The molecular weight excluding hydrogens is 459 g/mol. The van der Waals surface area contributed by atoms with Crippen LogP contribution in [0.5, 0.6) is 11.5 Å². The summed E-state index contributed by atoms with van der Waals surface area (Å²) < 4.78 is 40.4. The Morgan fingerprint density at radius 2 is 2.19 bits per heavy atom. The summed E-state index contributed by atoms with van der Waals surface area (Å²) in [5.41, 5.74) is 0.522. The number of aliphatic imine (C=N–C) groups is 1. The molecule has 2 rings (SSSR count). The second-order valence-corrected chi connectivity index (χ2v) is 5.56. The molecule has 148 valence electrons. The minimum atomic E-state index is -2.89. The van der Waals surface area contributed by atoms with Crippen LogP contribution in [-0.4, -0.2) is 45.5 Å². The Morgan fingerprint density at radius 3 is 2.81 bits per heavy atom. The number of hydrogen-bond acceptors (Lipinski definition) is 4. The first-order valence-corrected chi connectivity index (χ1v) is 8.38. The molecule has 9 heteroatoms. The van der Waals surface area contributed by atoms with E-state index in [0.29, 0.717) is 30.4 Å².